The van der Waals surface area contributed by atoms with Crippen LogP contribution in [-0.2, 0) is 0 Å². The van der Waals surface area contributed by atoms with Crippen molar-refractivity contribution in [2.24, 2.45) is 11.8 Å². The molecule has 2 aromatic rings. The highest BCUT2D eigenvalue weighted by molar-refractivity contribution is 6.05. The van der Waals surface area contributed by atoms with Gasteiger partial charge in [-0.1, -0.05) is 24.3 Å². The summed E-state index contributed by atoms with van der Waals surface area (Å²) in [7, 11) is 0. The topological polar surface area (TPSA) is 24.1 Å². The summed E-state index contributed by atoms with van der Waals surface area (Å²) in [6, 6.07) is 13.2. The van der Waals surface area contributed by atoms with E-state index in [4.69, 9.17) is 0 Å². The minimum absolute atomic E-state index is 0.142. The molecule has 3 aliphatic rings. The van der Waals surface area contributed by atoms with Gasteiger partial charge in [0.25, 0.3) is 0 Å². The summed E-state index contributed by atoms with van der Waals surface area (Å²) in [4.78, 5) is 0. The summed E-state index contributed by atoms with van der Waals surface area (Å²) in [6.07, 6.45) is 5.48. The van der Waals surface area contributed by atoms with Gasteiger partial charge in [0.1, 0.15) is 5.66 Å². The highest BCUT2D eigenvalue weighted by atomic mass is 15.2. The maximum Gasteiger partial charge on any atom is 0.113 e. The van der Waals surface area contributed by atoms with Crippen molar-refractivity contribution >= 4 is 22.1 Å². The fourth-order valence-electron chi connectivity index (χ4n) is 3.85. The summed E-state index contributed by atoms with van der Waals surface area (Å²) in [5.74, 6) is 1.62. The largest absolute Gasteiger partial charge is 0.362 e. The molecule has 1 heterocycles. The molecule has 2 fully saturated rings. The van der Waals surface area contributed by atoms with Gasteiger partial charge in [-0.2, -0.15) is 0 Å². The van der Waals surface area contributed by atoms with Gasteiger partial charge in [0.05, 0.1) is 0 Å². The Morgan fingerprint density at radius 1 is 0.789 bits per heavy atom. The van der Waals surface area contributed by atoms with E-state index in [0.29, 0.717) is 0 Å². The zero-order chi connectivity index (χ0) is 12.4. The minimum atomic E-state index is 0.142. The third-order valence-electron chi connectivity index (χ3n) is 5.03. The minimum Gasteiger partial charge on any atom is -0.362 e. The molecule has 0 radical (unpaired) electrons. The highest BCUT2D eigenvalue weighted by Crippen LogP contribution is 2.56. The van der Waals surface area contributed by atoms with Crippen LogP contribution in [0, 0.1) is 11.8 Å². The number of rotatable bonds is 2. The van der Waals surface area contributed by atoms with Crippen molar-refractivity contribution in [1.82, 2.24) is 0 Å². The molecule has 0 amide bonds. The average Bonchev–Trinajstić information content (AvgIpc) is 3.30. The van der Waals surface area contributed by atoms with E-state index < -0.39 is 0 Å². The smallest absolute Gasteiger partial charge is 0.113 e. The molecule has 19 heavy (non-hydrogen) atoms. The molecule has 2 saturated carbocycles. The Kier molecular flexibility index (Phi) is 1.73. The number of benzene rings is 2. The Balaban J connectivity index is 1.73. The quantitative estimate of drug-likeness (QED) is 0.835. The highest BCUT2D eigenvalue weighted by Gasteiger charge is 2.55. The number of nitrogens with one attached hydrogen (secondary N) is 2. The Bertz CT molecular complexity index is 613. The molecule has 0 saturated heterocycles. The first-order valence-corrected chi connectivity index (χ1v) is 7.45. The van der Waals surface area contributed by atoms with E-state index in [2.05, 4.69) is 47.0 Å². The van der Waals surface area contributed by atoms with Gasteiger partial charge in [0, 0.05) is 28.6 Å². The molecule has 0 aromatic heterocycles. The van der Waals surface area contributed by atoms with Crippen LogP contribution >= 0.6 is 0 Å². The van der Waals surface area contributed by atoms with Gasteiger partial charge in [-0.15, -0.1) is 0 Å². The van der Waals surface area contributed by atoms with E-state index in [1.807, 2.05) is 0 Å². The van der Waals surface area contributed by atoms with E-state index in [1.54, 1.807) is 0 Å². The number of anilines is 2. The van der Waals surface area contributed by atoms with Crippen molar-refractivity contribution in [2.75, 3.05) is 10.6 Å². The van der Waals surface area contributed by atoms with Crippen LogP contribution in [0.3, 0.4) is 0 Å². The maximum atomic E-state index is 3.89. The van der Waals surface area contributed by atoms with Crippen LogP contribution in [0.5, 0.6) is 0 Å². The average molecular weight is 250 g/mol. The van der Waals surface area contributed by atoms with Crippen molar-refractivity contribution in [3.63, 3.8) is 0 Å². The zero-order valence-electron chi connectivity index (χ0n) is 10.9. The molecule has 0 spiro atoms. The fourth-order valence-corrected chi connectivity index (χ4v) is 3.85. The lowest BCUT2D eigenvalue weighted by Gasteiger charge is -2.42. The third-order valence-corrected chi connectivity index (χ3v) is 5.03. The fraction of sp³-hybridized carbons (Fsp3) is 0.412. The van der Waals surface area contributed by atoms with Gasteiger partial charge in [0.2, 0.25) is 0 Å². The first-order valence-electron chi connectivity index (χ1n) is 7.45. The summed E-state index contributed by atoms with van der Waals surface area (Å²) in [5, 5.41) is 10.5. The van der Waals surface area contributed by atoms with Crippen molar-refractivity contribution in [2.45, 2.75) is 31.3 Å². The Hall–Kier alpha value is -1.70. The monoisotopic (exact) mass is 250 g/mol. The molecule has 2 heteroatoms. The molecule has 0 bridgehead atoms. The molecule has 2 aliphatic carbocycles. The van der Waals surface area contributed by atoms with Gasteiger partial charge < -0.3 is 10.6 Å². The molecule has 96 valence electrons. The molecule has 0 atom stereocenters. The van der Waals surface area contributed by atoms with Crippen LogP contribution in [0.1, 0.15) is 25.7 Å². The number of hydrogen-bond donors (Lipinski definition) is 2. The van der Waals surface area contributed by atoms with Crippen molar-refractivity contribution in [3.8, 4) is 0 Å². The second-order valence-electron chi connectivity index (χ2n) is 6.38. The molecule has 0 unspecified atom stereocenters. The predicted octanol–water partition coefficient (Wildman–Crippen LogP) is 4.19. The molecular formula is C17H18N2. The summed E-state index contributed by atoms with van der Waals surface area (Å²) < 4.78 is 0. The van der Waals surface area contributed by atoms with Crippen LogP contribution < -0.4 is 10.6 Å². The van der Waals surface area contributed by atoms with E-state index >= 15 is 0 Å². The maximum absolute atomic E-state index is 3.89. The SMILES string of the molecule is c1cc2c3c(cccc3c1)NC(C1CC1)(C1CC1)N2. The van der Waals surface area contributed by atoms with Crippen molar-refractivity contribution < 1.29 is 0 Å². The molecule has 2 nitrogen and oxygen atoms in total. The van der Waals surface area contributed by atoms with Gasteiger partial charge in [-0.3, -0.25) is 0 Å². The van der Waals surface area contributed by atoms with E-state index in [0.717, 1.165) is 11.8 Å². The lowest BCUT2D eigenvalue weighted by molar-refractivity contribution is 0.405. The Labute approximate surface area is 113 Å². The zero-order valence-corrected chi connectivity index (χ0v) is 10.9. The van der Waals surface area contributed by atoms with Gasteiger partial charge in [-0.05, 0) is 43.2 Å². The molecular weight excluding hydrogens is 232 g/mol. The van der Waals surface area contributed by atoms with Gasteiger partial charge >= 0.3 is 0 Å². The summed E-state index contributed by atoms with van der Waals surface area (Å²) in [6.45, 7) is 0. The van der Waals surface area contributed by atoms with Crippen LogP contribution in [-0.4, -0.2) is 5.66 Å². The first kappa shape index (κ1) is 10.1. The van der Waals surface area contributed by atoms with Crippen LogP contribution in [0.2, 0.25) is 0 Å². The first-order chi connectivity index (χ1) is 9.37. The third kappa shape index (κ3) is 1.32. The Morgan fingerprint density at radius 3 is 1.79 bits per heavy atom. The Morgan fingerprint density at radius 2 is 1.32 bits per heavy atom. The standard InChI is InChI=1S/C17H18N2/c1-3-11-4-2-6-15-16(11)14(5-1)18-17(19-15,12-7-8-12)13-9-10-13/h1-6,12-13,18-19H,7-10H2. The molecule has 1 aliphatic heterocycles. The number of hydrogen-bond acceptors (Lipinski definition) is 2. The predicted molar refractivity (Wildman–Crippen MR) is 79.4 cm³/mol. The molecule has 2 N–H and O–H groups in total. The second kappa shape index (κ2) is 3.24. The second-order valence-corrected chi connectivity index (χ2v) is 6.38. The van der Waals surface area contributed by atoms with Gasteiger partial charge in [0.15, 0.2) is 0 Å². The lowest BCUT2D eigenvalue weighted by Crippen LogP contribution is -2.52. The summed E-state index contributed by atoms with van der Waals surface area (Å²) >= 11 is 0. The molecule has 5 rings (SSSR count). The van der Waals surface area contributed by atoms with E-state index in [9.17, 15) is 0 Å². The van der Waals surface area contributed by atoms with Crippen molar-refractivity contribution in [1.29, 1.82) is 0 Å². The van der Waals surface area contributed by atoms with Gasteiger partial charge in [-0.25, -0.2) is 0 Å². The normalized spacial score (nSPS) is 23.8. The molecule has 2 aromatic carbocycles. The summed E-state index contributed by atoms with van der Waals surface area (Å²) in [5.41, 5.74) is 2.79. The van der Waals surface area contributed by atoms with Crippen LogP contribution in [0.15, 0.2) is 36.4 Å². The van der Waals surface area contributed by atoms with Crippen molar-refractivity contribution in [3.05, 3.63) is 36.4 Å². The van der Waals surface area contributed by atoms with E-state index in [-0.39, 0.29) is 5.66 Å². The van der Waals surface area contributed by atoms with Crippen LogP contribution in [0.4, 0.5) is 11.4 Å². The van der Waals surface area contributed by atoms with Crippen LogP contribution in [0.25, 0.3) is 10.8 Å². The van der Waals surface area contributed by atoms with E-state index in [1.165, 1.54) is 47.8 Å². The lowest BCUT2D eigenvalue weighted by atomic mass is 9.92.